The summed E-state index contributed by atoms with van der Waals surface area (Å²) < 4.78 is 0. The highest BCUT2D eigenvalue weighted by Crippen LogP contribution is 2.42. The molecule has 0 aromatic carbocycles. The lowest BCUT2D eigenvalue weighted by Crippen LogP contribution is -2.38. The molecule has 0 aromatic rings. The molecule has 0 bridgehead atoms. The average Bonchev–Trinajstić information content (AvgIpc) is 2.62. The first-order valence-corrected chi connectivity index (χ1v) is 3.97. The number of Topliss-reactive ketones (excluding diaryl/α,β-unsaturated/α-hetero) is 1. The lowest BCUT2D eigenvalue weighted by molar-refractivity contribution is -0.116. The van der Waals surface area contributed by atoms with Gasteiger partial charge in [0.15, 0.2) is 0 Å². The van der Waals surface area contributed by atoms with Crippen LogP contribution in [0, 0.1) is 5.92 Å². The molecule has 2 heteroatoms. The standard InChI is InChI=1S/C8H13NO/c1-8(6-2-3-6)4-7(10)5-9-8/h6,9H,2-5H2,1H3. The van der Waals surface area contributed by atoms with Crippen LogP contribution in [-0.2, 0) is 4.79 Å². The summed E-state index contributed by atoms with van der Waals surface area (Å²) in [7, 11) is 0. The van der Waals surface area contributed by atoms with Crippen molar-refractivity contribution in [2.24, 2.45) is 5.92 Å². The topological polar surface area (TPSA) is 29.1 Å². The Kier molecular flexibility index (Phi) is 1.15. The maximum absolute atomic E-state index is 10.9. The number of carbonyl (C=O) groups excluding carboxylic acids is 1. The monoisotopic (exact) mass is 139 g/mol. The first-order valence-electron chi connectivity index (χ1n) is 3.97. The van der Waals surface area contributed by atoms with E-state index in [9.17, 15) is 4.79 Å². The van der Waals surface area contributed by atoms with E-state index in [0.29, 0.717) is 12.3 Å². The van der Waals surface area contributed by atoms with Gasteiger partial charge in [-0.3, -0.25) is 4.79 Å². The average molecular weight is 139 g/mol. The molecular weight excluding hydrogens is 126 g/mol. The van der Waals surface area contributed by atoms with Crippen molar-refractivity contribution >= 4 is 5.78 Å². The number of rotatable bonds is 1. The zero-order chi connectivity index (χ0) is 7.19. The first kappa shape index (κ1) is 6.35. The summed E-state index contributed by atoms with van der Waals surface area (Å²) >= 11 is 0. The largest absolute Gasteiger partial charge is 0.304 e. The van der Waals surface area contributed by atoms with Crippen LogP contribution in [0.4, 0.5) is 0 Å². The van der Waals surface area contributed by atoms with Gasteiger partial charge in [0.05, 0.1) is 6.54 Å². The van der Waals surface area contributed by atoms with Crippen molar-refractivity contribution in [3.8, 4) is 0 Å². The summed E-state index contributed by atoms with van der Waals surface area (Å²) in [4.78, 5) is 10.9. The van der Waals surface area contributed by atoms with Crippen molar-refractivity contribution in [2.45, 2.75) is 31.7 Å². The quantitative estimate of drug-likeness (QED) is 0.580. The van der Waals surface area contributed by atoms with Gasteiger partial charge in [0.2, 0.25) is 0 Å². The number of nitrogens with one attached hydrogen (secondary N) is 1. The zero-order valence-corrected chi connectivity index (χ0v) is 6.31. The van der Waals surface area contributed by atoms with Crippen LogP contribution in [0.25, 0.3) is 0 Å². The molecule has 0 aromatic heterocycles. The van der Waals surface area contributed by atoms with Crippen LogP contribution < -0.4 is 5.32 Å². The molecular formula is C8H13NO. The molecule has 1 unspecified atom stereocenters. The van der Waals surface area contributed by atoms with E-state index >= 15 is 0 Å². The summed E-state index contributed by atoms with van der Waals surface area (Å²) in [6.07, 6.45) is 3.39. The van der Waals surface area contributed by atoms with Crippen LogP contribution in [0.5, 0.6) is 0 Å². The molecule has 2 fully saturated rings. The lowest BCUT2D eigenvalue weighted by atomic mass is 9.94. The molecule has 1 saturated carbocycles. The van der Waals surface area contributed by atoms with Gasteiger partial charge in [-0.2, -0.15) is 0 Å². The van der Waals surface area contributed by atoms with Gasteiger partial charge in [-0.25, -0.2) is 0 Å². The Balaban J connectivity index is 2.08. The van der Waals surface area contributed by atoms with Gasteiger partial charge in [0.1, 0.15) is 5.78 Å². The fraction of sp³-hybridized carbons (Fsp3) is 0.875. The number of hydrogen-bond acceptors (Lipinski definition) is 2. The predicted octanol–water partition coefficient (Wildman–Crippen LogP) is 0.718. The van der Waals surface area contributed by atoms with Crippen molar-refractivity contribution in [1.29, 1.82) is 0 Å². The van der Waals surface area contributed by atoms with Crippen LogP contribution in [0.15, 0.2) is 0 Å². The molecule has 1 saturated heterocycles. The lowest BCUT2D eigenvalue weighted by Gasteiger charge is -2.22. The molecule has 0 radical (unpaired) electrons. The molecule has 1 heterocycles. The van der Waals surface area contributed by atoms with E-state index in [2.05, 4.69) is 12.2 Å². The highest BCUT2D eigenvalue weighted by molar-refractivity contribution is 5.84. The Morgan fingerprint density at radius 2 is 2.30 bits per heavy atom. The summed E-state index contributed by atoms with van der Waals surface area (Å²) in [5.74, 6) is 1.17. The molecule has 10 heavy (non-hydrogen) atoms. The van der Waals surface area contributed by atoms with E-state index < -0.39 is 0 Å². The van der Waals surface area contributed by atoms with Gasteiger partial charge in [-0.15, -0.1) is 0 Å². The van der Waals surface area contributed by atoms with Crippen LogP contribution in [0.3, 0.4) is 0 Å². The Bertz CT molecular complexity index is 174. The van der Waals surface area contributed by atoms with E-state index in [1.807, 2.05) is 0 Å². The van der Waals surface area contributed by atoms with E-state index in [1.165, 1.54) is 12.8 Å². The van der Waals surface area contributed by atoms with Gasteiger partial charge in [-0.05, 0) is 25.7 Å². The number of hydrogen-bond donors (Lipinski definition) is 1. The second kappa shape index (κ2) is 1.82. The molecule has 56 valence electrons. The summed E-state index contributed by atoms with van der Waals surface area (Å²) in [6, 6.07) is 0. The summed E-state index contributed by atoms with van der Waals surface area (Å²) in [6.45, 7) is 2.78. The molecule has 2 rings (SSSR count). The highest BCUT2D eigenvalue weighted by atomic mass is 16.1. The predicted molar refractivity (Wildman–Crippen MR) is 38.8 cm³/mol. The third kappa shape index (κ3) is 0.870. The molecule has 1 atom stereocenters. The van der Waals surface area contributed by atoms with Gasteiger partial charge in [0.25, 0.3) is 0 Å². The van der Waals surface area contributed by atoms with Crippen LogP contribution in [0.2, 0.25) is 0 Å². The minimum atomic E-state index is 0.178. The van der Waals surface area contributed by atoms with Crippen molar-refractivity contribution in [1.82, 2.24) is 5.32 Å². The minimum Gasteiger partial charge on any atom is -0.304 e. The van der Waals surface area contributed by atoms with E-state index in [1.54, 1.807) is 0 Å². The number of ketones is 1. The molecule has 1 aliphatic heterocycles. The van der Waals surface area contributed by atoms with E-state index in [0.717, 1.165) is 12.3 Å². The third-order valence-corrected chi connectivity index (χ3v) is 2.73. The Morgan fingerprint density at radius 1 is 1.60 bits per heavy atom. The van der Waals surface area contributed by atoms with Crippen molar-refractivity contribution in [3.05, 3.63) is 0 Å². The zero-order valence-electron chi connectivity index (χ0n) is 6.31. The smallest absolute Gasteiger partial charge is 0.148 e. The SMILES string of the molecule is CC1(C2CC2)CC(=O)CN1. The molecule has 1 aliphatic carbocycles. The van der Waals surface area contributed by atoms with Gasteiger partial charge in [0, 0.05) is 12.0 Å². The Hall–Kier alpha value is -0.370. The van der Waals surface area contributed by atoms with Crippen molar-refractivity contribution < 1.29 is 4.79 Å². The first-order chi connectivity index (χ1) is 4.71. The van der Waals surface area contributed by atoms with Gasteiger partial charge in [-0.1, -0.05) is 0 Å². The van der Waals surface area contributed by atoms with Crippen LogP contribution in [-0.4, -0.2) is 17.9 Å². The molecule has 0 amide bonds. The fourth-order valence-electron chi connectivity index (χ4n) is 1.84. The second-order valence-electron chi connectivity index (χ2n) is 3.76. The maximum atomic E-state index is 10.9. The van der Waals surface area contributed by atoms with Gasteiger partial charge >= 0.3 is 0 Å². The fourth-order valence-corrected chi connectivity index (χ4v) is 1.84. The maximum Gasteiger partial charge on any atom is 0.148 e. The van der Waals surface area contributed by atoms with Crippen molar-refractivity contribution in [3.63, 3.8) is 0 Å². The minimum absolute atomic E-state index is 0.178. The highest BCUT2D eigenvalue weighted by Gasteiger charge is 2.45. The van der Waals surface area contributed by atoms with Crippen LogP contribution in [0.1, 0.15) is 26.2 Å². The molecule has 2 aliphatic rings. The normalized spacial score (nSPS) is 40.7. The Morgan fingerprint density at radius 3 is 2.70 bits per heavy atom. The van der Waals surface area contributed by atoms with E-state index in [-0.39, 0.29) is 5.54 Å². The Labute approximate surface area is 61.0 Å². The molecule has 1 N–H and O–H groups in total. The second-order valence-corrected chi connectivity index (χ2v) is 3.76. The molecule has 0 spiro atoms. The molecule has 2 nitrogen and oxygen atoms in total. The van der Waals surface area contributed by atoms with Crippen molar-refractivity contribution in [2.75, 3.05) is 6.54 Å². The van der Waals surface area contributed by atoms with E-state index in [4.69, 9.17) is 0 Å². The van der Waals surface area contributed by atoms with Crippen LogP contribution >= 0.6 is 0 Å². The summed E-state index contributed by atoms with van der Waals surface area (Å²) in [5, 5.41) is 3.30. The number of carbonyl (C=O) groups is 1. The summed E-state index contributed by atoms with van der Waals surface area (Å²) in [5.41, 5.74) is 0.178. The van der Waals surface area contributed by atoms with Gasteiger partial charge < -0.3 is 5.32 Å². The third-order valence-electron chi connectivity index (χ3n) is 2.73.